The molecule has 0 atom stereocenters. The lowest BCUT2D eigenvalue weighted by molar-refractivity contribution is -0.111. The fraction of sp³-hybridized carbons (Fsp3) is 0.105. The lowest BCUT2D eigenvalue weighted by atomic mass is 10.2. The molecule has 0 aliphatic heterocycles. The van der Waals surface area contributed by atoms with Crippen LogP contribution in [0.15, 0.2) is 58.5 Å². The van der Waals surface area contributed by atoms with E-state index in [0.717, 1.165) is 10.7 Å². The number of furan rings is 1. The van der Waals surface area contributed by atoms with Crippen LogP contribution in [0.2, 0.25) is 0 Å². The van der Waals surface area contributed by atoms with Crippen LogP contribution in [0, 0.1) is 6.92 Å². The highest BCUT2D eigenvalue weighted by Crippen LogP contribution is 2.14. The van der Waals surface area contributed by atoms with Gasteiger partial charge in [0.25, 0.3) is 0 Å². The predicted octanol–water partition coefficient (Wildman–Crippen LogP) is 4.02. The van der Waals surface area contributed by atoms with Gasteiger partial charge in [-0.05, 0) is 49.4 Å². The third kappa shape index (κ3) is 5.82. The largest absolute Gasteiger partial charge is 0.467 e. The second-order valence-corrected chi connectivity index (χ2v) is 6.64. The average Bonchev–Trinajstić information content (AvgIpc) is 3.31. The first-order valence-electron chi connectivity index (χ1n) is 8.17. The maximum atomic E-state index is 11.9. The number of nitrogens with zero attached hydrogens (tertiary/aromatic N) is 1. The average molecular weight is 382 g/mol. The SMILES string of the molecule is Cc1nc(/C=C/C(=O)Nc2ccc(NC(=O)NCc3ccco3)cc2)cs1. The summed E-state index contributed by atoms with van der Waals surface area (Å²) in [6, 6.07) is 10.0. The second-order valence-electron chi connectivity index (χ2n) is 5.58. The van der Waals surface area contributed by atoms with E-state index in [-0.39, 0.29) is 11.9 Å². The number of hydrogen-bond acceptors (Lipinski definition) is 5. The summed E-state index contributed by atoms with van der Waals surface area (Å²) in [5.74, 6) is 0.418. The van der Waals surface area contributed by atoms with Gasteiger partial charge in [-0.25, -0.2) is 9.78 Å². The third-order valence-electron chi connectivity index (χ3n) is 3.46. The zero-order chi connectivity index (χ0) is 19.1. The molecular weight excluding hydrogens is 364 g/mol. The first-order chi connectivity index (χ1) is 13.1. The van der Waals surface area contributed by atoms with Crippen molar-refractivity contribution in [2.75, 3.05) is 10.6 Å². The summed E-state index contributed by atoms with van der Waals surface area (Å²) < 4.78 is 5.14. The maximum absolute atomic E-state index is 11.9. The Hall–Kier alpha value is -3.39. The highest BCUT2D eigenvalue weighted by molar-refractivity contribution is 7.09. The Bertz CT molecular complexity index is 930. The lowest BCUT2D eigenvalue weighted by Gasteiger charge is -2.08. The van der Waals surface area contributed by atoms with Crippen LogP contribution in [-0.2, 0) is 11.3 Å². The molecule has 27 heavy (non-hydrogen) atoms. The molecule has 0 saturated heterocycles. The molecule has 0 bridgehead atoms. The van der Waals surface area contributed by atoms with E-state index in [1.165, 1.54) is 17.4 Å². The van der Waals surface area contributed by atoms with Crippen molar-refractivity contribution in [3.05, 3.63) is 70.6 Å². The third-order valence-corrected chi connectivity index (χ3v) is 4.25. The molecule has 3 aromatic rings. The van der Waals surface area contributed by atoms with Crippen LogP contribution in [0.4, 0.5) is 16.2 Å². The van der Waals surface area contributed by atoms with Gasteiger partial charge >= 0.3 is 6.03 Å². The molecule has 3 rings (SSSR count). The van der Waals surface area contributed by atoms with Crippen LogP contribution in [0.25, 0.3) is 6.08 Å². The van der Waals surface area contributed by atoms with Crippen molar-refractivity contribution >= 4 is 40.7 Å². The molecule has 8 heteroatoms. The molecule has 0 aliphatic carbocycles. The van der Waals surface area contributed by atoms with E-state index in [4.69, 9.17) is 4.42 Å². The van der Waals surface area contributed by atoms with Crippen LogP contribution in [-0.4, -0.2) is 16.9 Å². The summed E-state index contributed by atoms with van der Waals surface area (Å²) in [6.45, 7) is 2.22. The summed E-state index contributed by atoms with van der Waals surface area (Å²) in [4.78, 5) is 28.0. The van der Waals surface area contributed by atoms with Gasteiger partial charge in [-0.2, -0.15) is 0 Å². The molecule has 0 aliphatic rings. The van der Waals surface area contributed by atoms with E-state index in [2.05, 4.69) is 20.9 Å². The van der Waals surface area contributed by atoms with Gasteiger partial charge < -0.3 is 20.4 Å². The minimum Gasteiger partial charge on any atom is -0.467 e. The topological polar surface area (TPSA) is 96.3 Å². The predicted molar refractivity (Wildman–Crippen MR) is 106 cm³/mol. The van der Waals surface area contributed by atoms with Gasteiger partial charge in [-0.3, -0.25) is 4.79 Å². The van der Waals surface area contributed by atoms with Gasteiger partial charge in [0.05, 0.1) is 23.5 Å². The van der Waals surface area contributed by atoms with Gasteiger partial charge in [0.1, 0.15) is 5.76 Å². The Morgan fingerprint density at radius 2 is 1.89 bits per heavy atom. The molecule has 2 aromatic heterocycles. The van der Waals surface area contributed by atoms with Crippen molar-refractivity contribution in [1.29, 1.82) is 0 Å². The molecule has 1 aromatic carbocycles. The summed E-state index contributed by atoms with van der Waals surface area (Å²) in [7, 11) is 0. The molecule has 2 heterocycles. The number of thiazole rings is 1. The number of nitrogens with one attached hydrogen (secondary N) is 3. The number of carbonyl (C=O) groups is 2. The van der Waals surface area contributed by atoms with E-state index >= 15 is 0 Å². The normalized spacial score (nSPS) is 10.7. The summed E-state index contributed by atoms with van der Waals surface area (Å²) in [5.41, 5.74) is 1.99. The number of aromatic nitrogens is 1. The van der Waals surface area contributed by atoms with Crippen molar-refractivity contribution < 1.29 is 14.0 Å². The van der Waals surface area contributed by atoms with Crippen molar-refractivity contribution in [2.24, 2.45) is 0 Å². The summed E-state index contributed by atoms with van der Waals surface area (Å²) in [6.07, 6.45) is 4.65. The summed E-state index contributed by atoms with van der Waals surface area (Å²) >= 11 is 1.53. The zero-order valence-electron chi connectivity index (χ0n) is 14.6. The van der Waals surface area contributed by atoms with Crippen molar-refractivity contribution in [1.82, 2.24) is 10.3 Å². The number of aryl methyl sites for hydroxylation is 1. The Morgan fingerprint density at radius 1 is 1.15 bits per heavy atom. The van der Waals surface area contributed by atoms with Crippen LogP contribution < -0.4 is 16.0 Å². The minimum atomic E-state index is -0.343. The molecule has 138 valence electrons. The molecule has 0 unspecified atom stereocenters. The summed E-state index contributed by atoms with van der Waals surface area (Å²) in [5, 5.41) is 11.0. The number of benzene rings is 1. The fourth-order valence-electron chi connectivity index (χ4n) is 2.19. The van der Waals surface area contributed by atoms with Gasteiger partial charge in [-0.15, -0.1) is 11.3 Å². The molecule has 3 amide bonds. The van der Waals surface area contributed by atoms with Gasteiger partial charge in [0.15, 0.2) is 0 Å². The Kier molecular flexibility index (Phi) is 6.01. The number of amides is 3. The van der Waals surface area contributed by atoms with Crippen LogP contribution in [0.3, 0.4) is 0 Å². The molecule has 0 spiro atoms. The van der Waals surface area contributed by atoms with Crippen molar-refractivity contribution in [3.63, 3.8) is 0 Å². The van der Waals surface area contributed by atoms with E-state index < -0.39 is 0 Å². The highest BCUT2D eigenvalue weighted by atomic mass is 32.1. The quantitative estimate of drug-likeness (QED) is 0.561. The maximum Gasteiger partial charge on any atom is 0.319 e. The van der Waals surface area contributed by atoms with Gasteiger partial charge in [0, 0.05) is 22.8 Å². The van der Waals surface area contributed by atoms with Crippen LogP contribution in [0.1, 0.15) is 16.5 Å². The number of hydrogen-bond donors (Lipinski definition) is 3. The number of anilines is 2. The second kappa shape index (κ2) is 8.81. The Labute approximate surface area is 160 Å². The van der Waals surface area contributed by atoms with E-state index in [0.29, 0.717) is 23.7 Å². The number of urea groups is 1. The minimum absolute atomic E-state index is 0.252. The monoisotopic (exact) mass is 382 g/mol. The van der Waals surface area contributed by atoms with E-state index in [1.54, 1.807) is 48.7 Å². The van der Waals surface area contributed by atoms with Crippen molar-refractivity contribution in [2.45, 2.75) is 13.5 Å². The number of rotatable bonds is 6. The first kappa shape index (κ1) is 18.4. The van der Waals surface area contributed by atoms with Crippen molar-refractivity contribution in [3.8, 4) is 0 Å². The fourth-order valence-corrected chi connectivity index (χ4v) is 2.78. The molecule has 0 saturated carbocycles. The molecule has 0 fully saturated rings. The van der Waals surface area contributed by atoms with Gasteiger partial charge in [-0.1, -0.05) is 0 Å². The zero-order valence-corrected chi connectivity index (χ0v) is 15.4. The molecule has 3 N–H and O–H groups in total. The number of carbonyl (C=O) groups excluding carboxylic acids is 2. The molecule has 0 radical (unpaired) electrons. The smallest absolute Gasteiger partial charge is 0.319 e. The van der Waals surface area contributed by atoms with E-state index in [9.17, 15) is 9.59 Å². The lowest BCUT2D eigenvalue weighted by Crippen LogP contribution is -2.27. The Balaban J connectivity index is 1.47. The van der Waals surface area contributed by atoms with Gasteiger partial charge in [0.2, 0.25) is 5.91 Å². The standard InChI is InChI=1S/C19H18N4O3S/c1-13-21-16(12-27-13)8-9-18(24)22-14-4-6-15(7-5-14)23-19(25)20-11-17-3-2-10-26-17/h2-10,12H,11H2,1H3,(H,22,24)(H2,20,23,25)/b9-8+. The van der Waals surface area contributed by atoms with E-state index in [1.807, 2.05) is 12.3 Å². The first-order valence-corrected chi connectivity index (χ1v) is 9.05. The molecule has 7 nitrogen and oxygen atoms in total. The highest BCUT2D eigenvalue weighted by Gasteiger charge is 2.04. The Morgan fingerprint density at radius 3 is 2.52 bits per heavy atom. The molecular formula is C19H18N4O3S. The van der Waals surface area contributed by atoms with Crippen LogP contribution >= 0.6 is 11.3 Å². The van der Waals surface area contributed by atoms with Crippen LogP contribution in [0.5, 0.6) is 0 Å².